The lowest BCUT2D eigenvalue weighted by Crippen LogP contribution is -2.48. The van der Waals surface area contributed by atoms with Gasteiger partial charge in [0.05, 0.1) is 19.3 Å². The minimum absolute atomic E-state index is 0.0649. The number of ether oxygens (including phenoxy) is 4. The number of benzene rings is 2. The van der Waals surface area contributed by atoms with Crippen LogP contribution in [0.1, 0.15) is 42.8 Å². The van der Waals surface area contributed by atoms with Crippen molar-refractivity contribution in [3.05, 3.63) is 69.8 Å². The van der Waals surface area contributed by atoms with E-state index in [0.717, 1.165) is 80.3 Å². The fraction of sp³-hybridized carbons (Fsp3) is 0.467. The van der Waals surface area contributed by atoms with E-state index in [-0.39, 0.29) is 18.5 Å². The minimum atomic E-state index is -0.419. The van der Waals surface area contributed by atoms with E-state index in [2.05, 4.69) is 42.4 Å². The largest absolute Gasteiger partial charge is 0.494 e. The van der Waals surface area contributed by atoms with Gasteiger partial charge < -0.3 is 23.9 Å². The number of fused-ring (bicyclic) bond motifs is 2. The van der Waals surface area contributed by atoms with Crippen LogP contribution in [0.25, 0.3) is 10.9 Å². The van der Waals surface area contributed by atoms with E-state index < -0.39 is 6.04 Å². The van der Waals surface area contributed by atoms with Gasteiger partial charge in [-0.3, -0.25) is 14.6 Å². The van der Waals surface area contributed by atoms with Gasteiger partial charge in [-0.25, -0.2) is 4.68 Å². The highest BCUT2D eigenvalue weighted by molar-refractivity contribution is 5.80. The zero-order valence-electron chi connectivity index (χ0n) is 23.7. The van der Waals surface area contributed by atoms with Crippen LogP contribution < -0.4 is 19.8 Å². The Kier molecular flexibility index (Phi) is 7.49. The molecule has 3 aliphatic rings. The third-order valence-electron chi connectivity index (χ3n) is 8.27. The lowest BCUT2D eigenvalue weighted by atomic mass is 10.0. The van der Waals surface area contributed by atoms with Gasteiger partial charge in [-0.05, 0) is 72.2 Å². The number of hydrogen-bond acceptors (Lipinski definition) is 10. The molecular formula is C30H35N7O5. The summed E-state index contributed by atoms with van der Waals surface area (Å²) >= 11 is 0. The molecular weight excluding hydrogens is 538 g/mol. The van der Waals surface area contributed by atoms with Crippen molar-refractivity contribution in [2.45, 2.75) is 45.0 Å². The fourth-order valence-corrected chi connectivity index (χ4v) is 6.16. The predicted octanol–water partition coefficient (Wildman–Crippen LogP) is 2.73. The maximum Gasteiger partial charge on any atom is 0.253 e. The summed E-state index contributed by atoms with van der Waals surface area (Å²) in [6.45, 7) is 8.08. The first kappa shape index (κ1) is 26.9. The van der Waals surface area contributed by atoms with Crippen molar-refractivity contribution < 1.29 is 18.9 Å². The average Bonchev–Trinajstić information content (AvgIpc) is 3.78. The van der Waals surface area contributed by atoms with E-state index in [1.165, 1.54) is 5.56 Å². The van der Waals surface area contributed by atoms with Gasteiger partial charge >= 0.3 is 0 Å². The number of H-pyrrole nitrogens is 1. The molecule has 0 spiro atoms. The molecule has 3 aliphatic heterocycles. The Morgan fingerprint density at radius 3 is 2.79 bits per heavy atom. The number of pyridine rings is 1. The molecule has 220 valence electrons. The molecule has 7 rings (SSSR count). The Labute approximate surface area is 243 Å². The summed E-state index contributed by atoms with van der Waals surface area (Å²) < 4.78 is 24.5. The Morgan fingerprint density at radius 1 is 1.07 bits per heavy atom. The SMILES string of the molecule is CCOc1ccc2[nH]c(=O)c([C@@H](c3nnnn3C[C@H]3CCCO3)N3CCN(Cc4ccc5c(c4)OCO5)CC3)cc2c1. The highest BCUT2D eigenvalue weighted by atomic mass is 16.7. The second kappa shape index (κ2) is 11.7. The minimum Gasteiger partial charge on any atom is -0.494 e. The Bertz CT molecular complexity index is 1610. The third-order valence-corrected chi connectivity index (χ3v) is 8.27. The van der Waals surface area contributed by atoms with Crippen LogP contribution in [0, 0.1) is 0 Å². The highest BCUT2D eigenvalue weighted by Crippen LogP contribution is 2.33. The molecule has 12 heteroatoms. The van der Waals surface area contributed by atoms with Crippen LogP contribution in [-0.2, 0) is 17.8 Å². The van der Waals surface area contributed by atoms with Crippen molar-refractivity contribution in [2.24, 2.45) is 0 Å². The molecule has 0 saturated carbocycles. The number of piperazine rings is 1. The quantitative estimate of drug-likeness (QED) is 0.320. The summed E-state index contributed by atoms with van der Waals surface area (Å²) in [5.74, 6) is 3.01. The number of tetrazole rings is 1. The van der Waals surface area contributed by atoms with Crippen LogP contribution in [0.2, 0.25) is 0 Å². The topological polar surface area (TPSA) is 120 Å². The lowest BCUT2D eigenvalue weighted by molar-refractivity contribution is 0.0840. The maximum absolute atomic E-state index is 13.6. The predicted molar refractivity (Wildman–Crippen MR) is 154 cm³/mol. The van der Waals surface area contributed by atoms with E-state index in [9.17, 15) is 4.79 Å². The van der Waals surface area contributed by atoms with Crippen LogP contribution in [0.15, 0.2) is 47.3 Å². The van der Waals surface area contributed by atoms with Crippen molar-refractivity contribution in [1.29, 1.82) is 0 Å². The average molecular weight is 574 g/mol. The smallest absolute Gasteiger partial charge is 0.253 e. The van der Waals surface area contributed by atoms with Crippen molar-refractivity contribution in [2.75, 3.05) is 46.2 Å². The number of aromatic amines is 1. The summed E-state index contributed by atoms with van der Waals surface area (Å²) in [6.07, 6.45) is 2.07. The molecule has 1 N–H and O–H groups in total. The molecule has 0 radical (unpaired) electrons. The first-order valence-electron chi connectivity index (χ1n) is 14.7. The number of nitrogens with zero attached hydrogens (tertiary/aromatic N) is 6. The third kappa shape index (κ3) is 5.44. The number of nitrogens with one attached hydrogen (secondary N) is 1. The van der Waals surface area contributed by atoms with Gasteiger partial charge in [0.2, 0.25) is 6.79 Å². The van der Waals surface area contributed by atoms with Crippen LogP contribution >= 0.6 is 0 Å². The molecule has 2 aromatic heterocycles. The van der Waals surface area contributed by atoms with Crippen molar-refractivity contribution in [3.8, 4) is 17.2 Å². The van der Waals surface area contributed by atoms with Gasteiger partial charge in [-0.2, -0.15) is 0 Å². The number of hydrogen-bond donors (Lipinski definition) is 1. The van der Waals surface area contributed by atoms with Crippen molar-refractivity contribution >= 4 is 10.9 Å². The summed E-state index contributed by atoms with van der Waals surface area (Å²) in [7, 11) is 0. The van der Waals surface area contributed by atoms with Crippen molar-refractivity contribution in [3.63, 3.8) is 0 Å². The Balaban J connectivity index is 1.18. The van der Waals surface area contributed by atoms with Crippen LogP contribution in [0.4, 0.5) is 0 Å². The molecule has 0 bridgehead atoms. The fourth-order valence-electron chi connectivity index (χ4n) is 6.16. The Morgan fingerprint density at radius 2 is 1.95 bits per heavy atom. The zero-order chi connectivity index (χ0) is 28.5. The summed E-state index contributed by atoms with van der Waals surface area (Å²) in [4.78, 5) is 21.5. The lowest BCUT2D eigenvalue weighted by Gasteiger charge is -2.38. The van der Waals surface area contributed by atoms with E-state index in [0.29, 0.717) is 24.5 Å². The number of aromatic nitrogens is 5. The second-order valence-electron chi connectivity index (χ2n) is 11.0. The van der Waals surface area contributed by atoms with Gasteiger partial charge in [0, 0.05) is 55.8 Å². The van der Waals surface area contributed by atoms with Gasteiger partial charge in [-0.15, -0.1) is 5.10 Å². The Hall–Kier alpha value is -4.00. The molecule has 5 heterocycles. The zero-order valence-corrected chi connectivity index (χ0v) is 23.7. The molecule has 2 atom stereocenters. The molecule has 2 fully saturated rings. The number of rotatable bonds is 9. The van der Waals surface area contributed by atoms with E-state index in [1.807, 2.05) is 41.9 Å². The van der Waals surface area contributed by atoms with Crippen LogP contribution in [0.3, 0.4) is 0 Å². The first-order chi connectivity index (χ1) is 20.6. The summed E-state index contributed by atoms with van der Waals surface area (Å²) in [6, 6.07) is 13.4. The normalized spacial score (nSPS) is 19.9. The van der Waals surface area contributed by atoms with Gasteiger partial charge in [0.25, 0.3) is 5.56 Å². The van der Waals surface area contributed by atoms with Crippen LogP contribution in [0.5, 0.6) is 17.2 Å². The summed E-state index contributed by atoms with van der Waals surface area (Å²) in [5, 5.41) is 13.8. The molecule has 0 amide bonds. The standard InChI is InChI=1S/C30H35N7O5/c1-2-39-22-6-7-25-21(15-22)16-24(30(38)31-25)28(29-32-33-34-37(29)18-23-4-3-13-40-23)36-11-9-35(10-12-36)17-20-5-8-26-27(14-20)42-19-41-26/h5-8,14-16,23,28H,2-4,9-13,17-19H2,1H3,(H,31,38)/t23-,28+/m1/s1. The maximum atomic E-state index is 13.6. The molecule has 2 aromatic carbocycles. The highest BCUT2D eigenvalue weighted by Gasteiger charge is 2.33. The van der Waals surface area contributed by atoms with Gasteiger partial charge in [-0.1, -0.05) is 6.07 Å². The first-order valence-corrected chi connectivity index (χ1v) is 14.7. The molecule has 0 unspecified atom stereocenters. The molecule has 12 nitrogen and oxygen atoms in total. The van der Waals surface area contributed by atoms with Gasteiger partial charge in [0.15, 0.2) is 17.3 Å². The van der Waals surface area contributed by atoms with Gasteiger partial charge in [0.1, 0.15) is 11.8 Å². The molecule has 4 aromatic rings. The molecule has 2 saturated heterocycles. The summed E-state index contributed by atoms with van der Waals surface area (Å²) in [5.41, 5.74) is 2.41. The van der Waals surface area contributed by atoms with E-state index in [4.69, 9.17) is 18.9 Å². The van der Waals surface area contributed by atoms with E-state index >= 15 is 0 Å². The monoisotopic (exact) mass is 573 g/mol. The van der Waals surface area contributed by atoms with Crippen molar-refractivity contribution in [1.82, 2.24) is 35.0 Å². The van der Waals surface area contributed by atoms with E-state index in [1.54, 1.807) is 0 Å². The van der Waals surface area contributed by atoms with Crippen LogP contribution in [-0.4, -0.2) is 87.3 Å². The second-order valence-corrected chi connectivity index (χ2v) is 11.0. The molecule has 0 aliphatic carbocycles. The molecule has 42 heavy (non-hydrogen) atoms.